The summed E-state index contributed by atoms with van der Waals surface area (Å²) in [5.74, 6) is -4.71. The van der Waals surface area contributed by atoms with E-state index in [0.29, 0.717) is 50.5 Å². The van der Waals surface area contributed by atoms with Gasteiger partial charge in [-0.05, 0) is 37.2 Å². The van der Waals surface area contributed by atoms with E-state index >= 15 is 8.78 Å². The number of benzene rings is 1. The predicted molar refractivity (Wildman–Crippen MR) is 146 cm³/mol. The Hall–Kier alpha value is -3.87. The zero-order valence-electron chi connectivity index (χ0n) is 22.4. The molecule has 4 rings (SSSR count). The highest BCUT2D eigenvalue weighted by Gasteiger charge is 2.48. The molecule has 3 aliphatic rings. The van der Waals surface area contributed by atoms with Gasteiger partial charge >= 0.3 is 0 Å². The van der Waals surface area contributed by atoms with Crippen LogP contribution in [0.5, 0.6) is 0 Å². The van der Waals surface area contributed by atoms with Crippen LogP contribution in [-0.2, 0) is 14.4 Å². The fourth-order valence-electron chi connectivity index (χ4n) is 5.13. The number of halogens is 3. The van der Waals surface area contributed by atoms with Gasteiger partial charge in [-0.15, -0.1) is 0 Å². The number of carbonyl (C=O) groups is 3. The average molecular weight is 562 g/mol. The Morgan fingerprint density at radius 1 is 1.20 bits per heavy atom. The van der Waals surface area contributed by atoms with Gasteiger partial charge in [-0.1, -0.05) is 13.2 Å². The van der Waals surface area contributed by atoms with Crippen LogP contribution in [0.15, 0.2) is 48.2 Å². The highest BCUT2D eigenvalue weighted by molar-refractivity contribution is 6.11. The Morgan fingerprint density at radius 2 is 1.93 bits per heavy atom. The minimum Gasteiger partial charge on any atom is -0.374 e. The molecule has 0 saturated carbocycles. The summed E-state index contributed by atoms with van der Waals surface area (Å²) in [7, 11) is 1.51. The molecule has 3 saturated heterocycles. The number of rotatable bonds is 8. The van der Waals surface area contributed by atoms with E-state index in [4.69, 9.17) is 0 Å². The standard InChI is InChI=1S/C27H34F3N7O3/c1-4-34(3)26(40)18(2)16-31-37-10-9-23(27(29,30)17-37)36-13-11-35(12-14-36)22-7-5-19(15-20(22)28)32-21-6-8-24(38)33-25(21)39/h4-5,7,15-16,21,23,32H,1-2,6,8-14,17H2,3H3,(H,33,38,39)/b31-16-. The lowest BCUT2D eigenvalue weighted by atomic mass is 9.99. The molecular weight excluding hydrogens is 527 g/mol. The molecular formula is C27H34F3N7O3. The number of amides is 3. The lowest BCUT2D eigenvalue weighted by molar-refractivity contribution is -0.133. The van der Waals surface area contributed by atoms with Crippen molar-refractivity contribution in [3.63, 3.8) is 0 Å². The molecule has 3 aliphatic heterocycles. The molecule has 216 valence electrons. The van der Waals surface area contributed by atoms with Gasteiger partial charge in [0.1, 0.15) is 18.4 Å². The summed E-state index contributed by atoms with van der Waals surface area (Å²) in [6.07, 6.45) is 3.24. The van der Waals surface area contributed by atoms with Gasteiger partial charge in [0.05, 0.1) is 23.5 Å². The number of nitrogens with one attached hydrogen (secondary N) is 2. The summed E-state index contributed by atoms with van der Waals surface area (Å²) in [5, 5.41) is 10.5. The zero-order chi connectivity index (χ0) is 29.0. The molecule has 0 bridgehead atoms. The molecule has 0 aliphatic carbocycles. The molecule has 0 aromatic heterocycles. The topological polar surface area (TPSA) is 101 Å². The smallest absolute Gasteiger partial charge is 0.282 e. The van der Waals surface area contributed by atoms with Gasteiger partial charge < -0.3 is 15.1 Å². The van der Waals surface area contributed by atoms with E-state index < -0.39 is 42.2 Å². The highest BCUT2D eigenvalue weighted by Crippen LogP contribution is 2.33. The normalized spacial score (nSPS) is 23.6. The average Bonchev–Trinajstić information content (AvgIpc) is 2.92. The first-order chi connectivity index (χ1) is 19.0. The first-order valence-corrected chi connectivity index (χ1v) is 13.1. The molecule has 2 unspecified atom stereocenters. The summed E-state index contributed by atoms with van der Waals surface area (Å²) in [5.41, 5.74) is 0.848. The third-order valence-electron chi connectivity index (χ3n) is 7.41. The van der Waals surface area contributed by atoms with Gasteiger partial charge in [0.2, 0.25) is 11.8 Å². The van der Waals surface area contributed by atoms with E-state index in [1.165, 1.54) is 35.4 Å². The summed E-state index contributed by atoms with van der Waals surface area (Å²) in [4.78, 5) is 40.1. The van der Waals surface area contributed by atoms with Gasteiger partial charge in [-0.3, -0.25) is 29.6 Å². The van der Waals surface area contributed by atoms with Gasteiger partial charge in [-0.2, -0.15) is 5.10 Å². The number of hydrogen-bond donors (Lipinski definition) is 2. The van der Waals surface area contributed by atoms with Crippen molar-refractivity contribution in [2.45, 2.75) is 37.3 Å². The van der Waals surface area contributed by atoms with Crippen LogP contribution in [0.4, 0.5) is 24.5 Å². The van der Waals surface area contributed by atoms with Gasteiger partial charge in [0, 0.05) is 51.9 Å². The van der Waals surface area contributed by atoms with Crippen LogP contribution in [0.3, 0.4) is 0 Å². The number of carbonyl (C=O) groups excluding carboxylic acids is 3. The largest absolute Gasteiger partial charge is 0.374 e. The molecule has 1 aromatic rings. The molecule has 0 radical (unpaired) electrons. The monoisotopic (exact) mass is 561 g/mol. The lowest BCUT2D eigenvalue weighted by Gasteiger charge is -2.46. The van der Waals surface area contributed by atoms with Crippen LogP contribution in [0.2, 0.25) is 0 Å². The second-order valence-corrected chi connectivity index (χ2v) is 10.2. The van der Waals surface area contributed by atoms with E-state index in [1.54, 1.807) is 17.0 Å². The fraction of sp³-hybridized carbons (Fsp3) is 0.481. The maximum atomic E-state index is 15.1. The third-order valence-corrected chi connectivity index (χ3v) is 7.41. The number of likely N-dealkylation sites (N-methyl/N-ethyl adjacent to an activating group) is 1. The molecule has 13 heteroatoms. The lowest BCUT2D eigenvalue weighted by Crippen LogP contribution is -2.61. The SMILES string of the molecule is C=CN(C)C(=O)C(=C)/C=N\N1CCC(N2CCN(c3ccc(NC4CCC(=O)NC4=O)cc3F)CC2)C(F)(F)C1. The van der Waals surface area contributed by atoms with Crippen LogP contribution in [0.25, 0.3) is 0 Å². The predicted octanol–water partition coefficient (Wildman–Crippen LogP) is 2.02. The number of piperidine rings is 2. The van der Waals surface area contributed by atoms with Crippen molar-refractivity contribution in [3.05, 3.63) is 48.9 Å². The van der Waals surface area contributed by atoms with Crippen LogP contribution in [0, 0.1) is 5.82 Å². The first kappa shape index (κ1) is 29.1. The van der Waals surface area contributed by atoms with Crippen LogP contribution >= 0.6 is 0 Å². The van der Waals surface area contributed by atoms with Gasteiger partial charge in [0.15, 0.2) is 0 Å². The number of hydrazone groups is 1. The Kier molecular flexibility index (Phi) is 8.82. The van der Waals surface area contributed by atoms with E-state index in [1.807, 2.05) is 4.90 Å². The molecule has 10 nitrogen and oxygen atoms in total. The maximum Gasteiger partial charge on any atom is 0.282 e. The van der Waals surface area contributed by atoms with Crippen molar-refractivity contribution < 1.29 is 27.6 Å². The van der Waals surface area contributed by atoms with Crippen molar-refractivity contribution >= 4 is 35.3 Å². The fourth-order valence-corrected chi connectivity index (χ4v) is 5.13. The molecule has 3 amide bonds. The van der Waals surface area contributed by atoms with Crippen LogP contribution in [0.1, 0.15) is 19.3 Å². The van der Waals surface area contributed by atoms with Crippen molar-refractivity contribution in [2.24, 2.45) is 5.10 Å². The van der Waals surface area contributed by atoms with E-state index in [2.05, 4.69) is 28.9 Å². The number of imide groups is 1. The minimum atomic E-state index is -3.03. The summed E-state index contributed by atoms with van der Waals surface area (Å²) in [6, 6.07) is 2.98. The number of anilines is 2. The zero-order valence-corrected chi connectivity index (χ0v) is 22.4. The Morgan fingerprint density at radius 3 is 2.55 bits per heavy atom. The molecule has 3 fully saturated rings. The second-order valence-electron chi connectivity index (χ2n) is 10.2. The minimum absolute atomic E-state index is 0.0657. The first-order valence-electron chi connectivity index (χ1n) is 13.1. The molecule has 3 heterocycles. The van der Waals surface area contributed by atoms with E-state index in [-0.39, 0.29) is 24.3 Å². The molecule has 2 N–H and O–H groups in total. The highest BCUT2D eigenvalue weighted by atomic mass is 19.3. The number of nitrogens with zero attached hydrogens (tertiary/aromatic N) is 5. The Labute approximate surface area is 231 Å². The quantitative estimate of drug-likeness (QED) is 0.285. The van der Waals surface area contributed by atoms with E-state index in [9.17, 15) is 18.8 Å². The van der Waals surface area contributed by atoms with Gasteiger partial charge in [-0.25, -0.2) is 13.2 Å². The third kappa shape index (κ3) is 6.64. The van der Waals surface area contributed by atoms with Crippen molar-refractivity contribution in [1.82, 2.24) is 20.1 Å². The maximum absolute atomic E-state index is 15.1. The van der Waals surface area contributed by atoms with Crippen LogP contribution in [-0.4, -0.2) is 103 Å². The molecule has 1 aromatic carbocycles. The van der Waals surface area contributed by atoms with Crippen molar-refractivity contribution in [2.75, 3.05) is 56.5 Å². The molecule has 0 spiro atoms. The number of piperazine rings is 1. The van der Waals surface area contributed by atoms with E-state index in [0.717, 1.165) is 0 Å². The molecule has 2 atom stereocenters. The van der Waals surface area contributed by atoms with Gasteiger partial charge in [0.25, 0.3) is 11.8 Å². The summed E-state index contributed by atoms with van der Waals surface area (Å²) < 4.78 is 45.3. The summed E-state index contributed by atoms with van der Waals surface area (Å²) in [6.45, 7) is 8.30. The Balaban J connectivity index is 1.30. The number of alkyl halides is 2. The van der Waals surface area contributed by atoms with Crippen molar-refractivity contribution in [3.8, 4) is 0 Å². The van der Waals surface area contributed by atoms with Crippen molar-refractivity contribution in [1.29, 1.82) is 0 Å². The molecule has 40 heavy (non-hydrogen) atoms. The number of hydrogen-bond acceptors (Lipinski definition) is 8. The summed E-state index contributed by atoms with van der Waals surface area (Å²) >= 11 is 0. The van der Waals surface area contributed by atoms with Crippen LogP contribution < -0.4 is 15.5 Å². The second kappa shape index (κ2) is 12.1. The Bertz CT molecular complexity index is 1200.